The van der Waals surface area contributed by atoms with Crippen molar-refractivity contribution in [3.8, 4) is 0 Å². The molecule has 0 amide bonds. The number of halogens is 1. The first-order chi connectivity index (χ1) is 7.91. The molecular formula is C12H25IOS2. The van der Waals surface area contributed by atoms with E-state index in [1.807, 2.05) is 21.6 Å². The van der Waals surface area contributed by atoms with Crippen LogP contribution in [0, 0.1) is 0 Å². The number of rotatable bonds is 13. The Balaban J connectivity index is 2.83. The van der Waals surface area contributed by atoms with Crippen LogP contribution in [0.25, 0.3) is 0 Å². The lowest BCUT2D eigenvalue weighted by Gasteiger charge is -2.01. The summed E-state index contributed by atoms with van der Waals surface area (Å²) in [5.41, 5.74) is 0. The fraction of sp³-hybridized carbons (Fsp3) is 1.00. The maximum absolute atomic E-state index is 8.62. The van der Waals surface area contributed by atoms with E-state index < -0.39 is 0 Å². The van der Waals surface area contributed by atoms with E-state index in [-0.39, 0.29) is 0 Å². The highest BCUT2D eigenvalue weighted by Crippen LogP contribution is 2.24. The van der Waals surface area contributed by atoms with Crippen LogP contribution in [-0.2, 0) is 0 Å². The topological polar surface area (TPSA) is 20.2 Å². The number of hydrogen-bond donors (Lipinski definition) is 1. The smallest absolute Gasteiger partial charge is 0.0431 e. The van der Waals surface area contributed by atoms with Gasteiger partial charge in [0.15, 0.2) is 0 Å². The van der Waals surface area contributed by atoms with Gasteiger partial charge in [0.05, 0.1) is 0 Å². The average Bonchev–Trinajstić information content (AvgIpc) is 2.31. The summed E-state index contributed by atoms with van der Waals surface area (Å²) < 4.78 is 1.31. The molecule has 0 bridgehead atoms. The van der Waals surface area contributed by atoms with Crippen LogP contribution in [0.5, 0.6) is 0 Å². The van der Waals surface area contributed by atoms with Gasteiger partial charge in [-0.25, -0.2) is 0 Å². The molecule has 0 rings (SSSR count). The maximum atomic E-state index is 8.62. The lowest BCUT2D eigenvalue weighted by molar-refractivity contribution is 0.283. The van der Waals surface area contributed by atoms with Gasteiger partial charge in [0.1, 0.15) is 0 Å². The summed E-state index contributed by atoms with van der Waals surface area (Å²) in [4.78, 5) is 0. The molecular weight excluding hydrogens is 351 g/mol. The minimum Gasteiger partial charge on any atom is -0.396 e. The van der Waals surface area contributed by atoms with Crippen molar-refractivity contribution < 1.29 is 5.11 Å². The molecule has 0 radical (unpaired) electrons. The van der Waals surface area contributed by atoms with E-state index in [9.17, 15) is 0 Å². The summed E-state index contributed by atoms with van der Waals surface area (Å²) in [7, 11) is 4.07. The Morgan fingerprint density at radius 3 is 1.69 bits per heavy atom. The molecule has 1 N–H and O–H groups in total. The summed E-state index contributed by atoms with van der Waals surface area (Å²) >= 11 is 2.46. The van der Waals surface area contributed by atoms with Crippen LogP contribution in [0.4, 0.5) is 0 Å². The maximum Gasteiger partial charge on any atom is 0.0431 e. The van der Waals surface area contributed by atoms with Crippen LogP contribution in [0.3, 0.4) is 0 Å². The van der Waals surface area contributed by atoms with E-state index in [1.165, 1.54) is 60.9 Å². The van der Waals surface area contributed by atoms with Crippen molar-refractivity contribution in [3.05, 3.63) is 0 Å². The Kier molecular flexibility index (Phi) is 17.8. The third-order valence-electron chi connectivity index (χ3n) is 2.33. The van der Waals surface area contributed by atoms with E-state index >= 15 is 0 Å². The molecule has 0 aliphatic rings. The molecule has 0 saturated heterocycles. The van der Waals surface area contributed by atoms with Crippen LogP contribution in [0.1, 0.15) is 51.4 Å². The second-order valence-electron chi connectivity index (χ2n) is 3.88. The highest BCUT2D eigenvalue weighted by Gasteiger charge is 1.93. The predicted octanol–water partition coefficient (Wildman–Crippen LogP) is 4.92. The van der Waals surface area contributed by atoms with Gasteiger partial charge >= 0.3 is 0 Å². The number of hydrogen-bond acceptors (Lipinski definition) is 3. The van der Waals surface area contributed by atoms with Crippen LogP contribution in [-0.4, -0.2) is 27.6 Å². The second kappa shape index (κ2) is 16.4. The zero-order valence-corrected chi connectivity index (χ0v) is 13.9. The molecule has 0 aliphatic heterocycles. The van der Waals surface area contributed by atoms with Crippen LogP contribution < -0.4 is 0 Å². The van der Waals surface area contributed by atoms with Gasteiger partial charge < -0.3 is 5.11 Å². The molecule has 0 unspecified atom stereocenters. The lowest BCUT2D eigenvalue weighted by atomic mass is 10.2. The minimum atomic E-state index is 0.360. The van der Waals surface area contributed by atoms with E-state index in [4.69, 9.17) is 5.11 Å². The summed E-state index contributed by atoms with van der Waals surface area (Å²) in [6, 6.07) is 0. The first-order valence-corrected chi connectivity index (χ1v) is 10.3. The highest BCUT2D eigenvalue weighted by atomic mass is 127. The highest BCUT2D eigenvalue weighted by molar-refractivity contribution is 14.1. The largest absolute Gasteiger partial charge is 0.396 e. The van der Waals surface area contributed by atoms with E-state index in [0.29, 0.717) is 6.61 Å². The molecule has 1 nitrogen and oxygen atoms in total. The van der Waals surface area contributed by atoms with Crippen LogP contribution in [0.15, 0.2) is 0 Å². The molecule has 0 aliphatic carbocycles. The van der Waals surface area contributed by atoms with Gasteiger partial charge in [-0.3, -0.25) is 0 Å². The standard InChI is InChI=1S/C12H25IOS2/c13-9-5-1-3-7-11-15-16-12-8-4-2-6-10-14/h14H,1-12H2. The van der Waals surface area contributed by atoms with E-state index in [1.54, 1.807) is 0 Å². The monoisotopic (exact) mass is 376 g/mol. The van der Waals surface area contributed by atoms with Crippen molar-refractivity contribution in [3.63, 3.8) is 0 Å². The molecule has 98 valence electrons. The Bertz CT molecular complexity index is 112. The number of aliphatic hydroxyl groups excluding tert-OH is 1. The Hall–Kier alpha value is 1.39. The molecule has 16 heavy (non-hydrogen) atoms. The molecule has 4 heteroatoms. The summed E-state index contributed by atoms with van der Waals surface area (Å²) in [5, 5.41) is 8.62. The second-order valence-corrected chi connectivity index (χ2v) is 7.67. The minimum absolute atomic E-state index is 0.360. The third kappa shape index (κ3) is 15.4. The van der Waals surface area contributed by atoms with E-state index in [0.717, 1.165) is 6.42 Å². The van der Waals surface area contributed by atoms with Crippen LogP contribution >= 0.6 is 44.2 Å². The zero-order valence-electron chi connectivity index (χ0n) is 10.1. The summed E-state index contributed by atoms with van der Waals surface area (Å²) in [6.45, 7) is 0.360. The lowest BCUT2D eigenvalue weighted by Crippen LogP contribution is -1.85. The van der Waals surface area contributed by atoms with E-state index in [2.05, 4.69) is 22.6 Å². The van der Waals surface area contributed by atoms with Crippen molar-refractivity contribution in [2.45, 2.75) is 51.4 Å². The zero-order chi connectivity index (χ0) is 11.9. The molecule has 0 aromatic heterocycles. The van der Waals surface area contributed by atoms with Gasteiger partial charge in [0.2, 0.25) is 0 Å². The van der Waals surface area contributed by atoms with Crippen molar-refractivity contribution in [1.82, 2.24) is 0 Å². The first-order valence-electron chi connectivity index (χ1n) is 6.33. The fourth-order valence-corrected chi connectivity index (χ4v) is 4.19. The third-order valence-corrected chi connectivity index (χ3v) is 5.67. The predicted molar refractivity (Wildman–Crippen MR) is 87.8 cm³/mol. The Morgan fingerprint density at radius 1 is 0.688 bits per heavy atom. The molecule has 0 aromatic rings. The molecule has 0 spiro atoms. The van der Waals surface area contributed by atoms with Crippen molar-refractivity contribution in [2.75, 3.05) is 22.5 Å². The summed E-state index contributed by atoms with van der Waals surface area (Å²) in [5.74, 6) is 2.60. The molecule has 0 atom stereocenters. The van der Waals surface area contributed by atoms with Crippen molar-refractivity contribution in [2.24, 2.45) is 0 Å². The summed E-state index contributed by atoms with van der Waals surface area (Å²) in [6.07, 6.45) is 10.4. The molecule has 0 saturated carbocycles. The quantitative estimate of drug-likeness (QED) is 0.213. The average molecular weight is 376 g/mol. The van der Waals surface area contributed by atoms with Gasteiger partial charge in [-0.05, 0) is 30.1 Å². The Morgan fingerprint density at radius 2 is 1.19 bits per heavy atom. The molecule has 0 aromatic carbocycles. The van der Waals surface area contributed by atoms with Gasteiger partial charge in [-0.15, -0.1) is 0 Å². The van der Waals surface area contributed by atoms with Gasteiger partial charge in [-0.2, -0.15) is 0 Å². The normalized spacial score (nSPS) is 10.9. The van der Waals surface area contributed by atoms with Crippen molar-refractivity contribution in [1.29, 1.82) is 0 Å². The van der Waals surface area contributed by atoms with Crippen LogP contribution in [0.2, 0.25) is 0 Å². The number of aliphatic hydroxyl groups is 1. The van der Waals surface area contributed by atoms with Gasteiger partial charge in [0.25, 0.3) is 0 Å². The first kappa shape index (κ1) is 17.4. The number of unbranched alkanes of at least 4 members (excludes halogenated alkanes) is 6. The fourth-order valence-electron chi connectivity index (χ4n) is 1.35. The van der Waals surface area contributed by atoms with Crippen molar-refractivity contribution >= 4 is 44.2 Å². The molecule has 0 fully saturated rings. The SMILES string of the molecule is OCCCCCCSSCCCCCCI. The van der Waals surface area contributed by atoms with Gasteiger partial charge in [0, 0.05) is 18.1 Å². The number of alkyl halides is 1. The van der Waals surface area contributed by atoms with Gasteiger partial charge in [-0.1, -0.05) is 69.9 Å². The molecule has 0 heterocycles. The Labute approximate surface area is 122 Å².